The lowest BCUT2D eigenvalue weighted by Gasteiger charge is -2.70. The third-order valence-corrected chi connectivity index (χ3v) is 20.0. The molecule has 4 saturated heterocycles. The van der Waals surface area contributed by atoms with Crippen molar-refractivity contribution in [3.63, 3.8) is 0 Å². The topological polar surface area (TPSA) is 357 Å². The van der Waals surface area contributed by atoms with Gasteiger partial charge in [-0.2, -0.15) is 0 Å². The molecule has 14 N–H and O–H groups in total. The fourth-order valence-electron chi connectivity index (χ4n) is 15.7. The van der Waals surface area contributed by atoms with Crippen molar-refractivity contribution in [2.75, 3.05) is 26.4 Å². The lowest BCUT2D eigenvalue weighted by Crippen LogP contribution is -2.67. The molecule has 8 rings (SSSR count). The van der Waals surface area contributed by atoms with Crippen molar-refractivity contribution in [3.05, 3.63) is 11.6 Å². The minimum Gasteiger partial charge on any atom is -0.394 e. The Bertz CT molecular complexity index is 1890. The molecular weight excluding hydrogens is 977 g/mol. The van der Waals surface area contributed by atoms with Crippen LogP contribution in [-0.4, -0.2) is 233 Å². The molecule has 0 bridgehead atoms. The average Bonchev–Trinajstić information content (AvgIpc) is 3.87. The van der Waals surface area contributed by atoms with Crippen LogP contribution in [0.5, 0.6) is 0 Å². The van der Waals surface area contributed by atoms with Crippen LogP contribution < -0.4 is 0 Å². The Hall–Kier alpha value is -1.14. The molecule has 0 radical (unpaired) electrons. The van der Waals surface area contributed by atoms with Gasteiger partial charge in [-0.25, -0.2) is 0 Å². The monoisotopic (exact) mass is 1060 g/mol. The minimum atomic E-state index is -1.81. The van der Waals surface area contributed by atoms with E-state index in [1.807, 2.05) is 13.8 Å². The van der Waals surface area contributed by atoms with Crippen LogP contribution in [0.4, 0.5) is 0 Å². The fourth-order valence-corrected chi connectivity index (χ4v) is 15.7. The molecule has 8 fully saturated rings. The van der Waals surface area contributed by atoms with Crippen molar-refractivity contribution in [1.29, 1.82) is 0 Å². The minimum absolute atomic E-state index is 0.0578. The largest absolute Gasteiger partial charge is 0.394 e. The predicted octanol–water partition coefficient (Wildman–Crippen LogP) is -1.95. The number of hydrogen-bond donors (Lipinski definition) is 14. The first-order chi connectivity index (χ1) is 34.8. The summed E-state index contributed by atoms with van der Waals surface area (Å²) < 4.78 is 48.5. The van der Waals surface area contributed by atoms with E-state index in [1.165, 1.54) is 0 Å². The molecule has 74 heavy (non-hydrogen) atoms. The summed E-state index contributed by atoms with van der Waals surface area (Å²) in [4.78, 5) is 0. The van der Waals surface area contributed by atoms with Gasteiger partial charge in [0.05, 0.1) is 44.7 Å². The summed E-state index contributed by atoms with van der Waals surface area (Å²) in [7, 11) is 0. The number of allylic oxidation sites excluding steroid dienone is 2. The van der Waals surface area contributed by atoms with E-state index in [2.05, 4.69) is 40.7 Å². The van der Waals surface area contributed by atoms with E-state index in [0.717, 1.165) is 24.8 Å². The van der Waals surface area contributed by atoms with Crippen molar-refractivity contribution >= 4 is 0 Å². The summed E-state index contributed by atoms with van der Waals surface area (Å²) in [6.45, 7) is 12.9. The van der Waals surface area contributed by atoms with Crippen molar-refractivity contribution < 1.29 is 109 Å². The van der Waals surface area contributed by atoms with E-state index in [9.17, 15) is 71.5 Å². The van der Waals surface area contributed by atoms with Crippen LogP contribution in [0.25, 0.3) is 0 Å². The second kappa shape index (κ2) is 22.8. The molecule has 29 atom stereocenters. The first-order valence-corrected chi connectivity index (χ1v) is 26.9. The molecule has 4 aliphatic carbocycles. The highest BCUT2D eigenvalue weighted by molar-refractivity contribution is 5.20. The van der Waals surface area contributed by atoms with E-state index < -0.39 is 167 Å². The number of aliphatic hydroxyl groups excluding tert-OH is 14. The van der Waals surface area contributed by atoms with Crippen LogP contribution in [0.3, 0.4) is 0 Å². The van der Waals surface area contributed by atoms with Gasteiger partial charge in [-0.1, -0.05) is 46.3 Å². The predicted molar refractivity (Wildman–Crippen MR) is 256 cm³/mol. The average molecular weight is 1070 g/mol. The zero-order valence-electron chi connectivity index (χ0n) is 43.8. The van der Waals surface area contributed by atoms with Crippen LogP contribution in [0, 0.1) is 45.3 Å². The molecule has 0 spiro atoms. The molecule has 22 heteroatoms. The van der Waals surface area contributed by atoms with Gasteiger partial charge in [0.25, 0.3) is 0 Å². The maximum atomic E-state index is 12.7. The highest BCUT2D eigenvalue weighted by atomic mass is 16.8. The number of aliphatic hydroxyl groups is 14. The highest BCUT2D eigenvalue weighted by Crippen LogP contribution is 2.75. The lowest BCUT2D eigenvalue weighted by atomic mass is 9.35. The summed E-state index contributed by atoms with van der Waals surface area (Å²) in [5, 5.41) is 150. The van der Waals surface area contributed by atoms with Crippen LogP contribution in [0.1, 0.15) is 106 Å². The fraction of sp³-hybridized carbons (Fsp3) is 0.962. The molecule has 0 aromatic rings. The molecule has 0 unspecified atom stereocenters. The summed E-state index contributed by atoms with van der Waals surface area (Å²) in [5.41, 5.74) is -0.372. The maximum absolute atomic E-state index is 12.7. The molecule has 0 aromatic carbocycles. The van der Waals surface area contributed by atoms with Crippen LogP contribution in [0.2, 0.25) is 0 Å². The van der Waals surface area contributed by atoms with E-state index >= 15 is 0 Å². The van der Waals surface area contributed by atoms with Gasteiger partial charge in [0, 0.05) is 0 Å². The van der Waals surface area contributed by atoms with Gasteiger partial charge in [0.15, 0.2) is 25.2 Å². The van der Waals surface area contributed by atoms with Gasteiger partial charge < -0.3 is 109 Å². The maximum Gasteiger partial charge on any atom is 0.187 e. The second-order valence-corrected chi connectivity index (χ2v) is 24.6. The molecular formula is C52H88O22. The summed E-state index contributed by atoms with van der Waals surface area (Å²) in [5.74, 6) is -0.290. The lowest BCUT2D eigenvalue weighted by molar-refractivity contribution is -0.378. The molecule has 4 saturated carbocycles. The summed E-state index contributed by atoms with van der Waals surface area (Å²) in [6.07, 6.45) is -22.4. The zero-order chi connectivity index (χ0) is 54.1. The van der Waals surface area contributed by atoms with E-state index in [4.69, 9.17) is 37.9 Å². The number of ether oxygens (including phenoxy) is 8. The van der Waals surface area contributed by atoms with E-state index in [-0.39, 0.29) is 39.9 Å². The molecule has 4 aliphatic heterocycles. The Morgan fingerprint density at radius 3 is 1.70 bits per heavy atom. The molecule has 22 nitrogen and oxygen atoms in total. The summed E-state index contributed by atoms with van der Waals surface area (Å²) >= 11 is 0. The molecule has 0 amide bonds. The van der Waals surface area contributed by atoms with Gasteiger partial charge >= 0.3 is 0 Å². The van der Waals surface area contributed by atoms with Crippen LogP contribution in [0.15, 0.2) is 11.6 Å². The quantitative estimate of drug-likeness (QED) is 0.0590. The zero-order valence-corrected chi connectivity index (χ0v) is 43.8. The Kier molecular flexibility index (Phi) is 18.2. The van der Waals surface area contributed by atoms with Gasteiger partial charge in [-0.3, -0.25) is 0 Å². The standard InChI is InChI=1S/C52H88O22/c1-22(2)9-8-10-25(68-46-42(65)39(62)37(60)29(72-46)21-67-45-41(64)36(59)28(20-55)69-45)23-11-15-52(7)33(23)24(56)17-31-50(5)14-13-32(49(3,4)30(50)12-16-51(31,52)6)73-48-44(40(63)35(58)27(19-54)71-48)74-47-43(66)38(61)34(57)26(18-53)70-47/h9,23-48,53-66H,8,10-21H2,1-7H3/t23-,24-,25+,26-,27-,28+,29-,30+,31-,32+,33+,34-,35-,36+,37-,38+,39+,40+,41-,42-,43-,44-,45+,46-,47+,48+,50+,51-,52-/m1/s1. The third-order valence-electron chi connectivity index (χ3n) is 20.0. The molecule has 8 aliphatic rings. The van der Waals surface area contributed by atoms with Crippen molar-refractivity contribution in [3.8, 4) is 0 Å². The summed E-state index contributed by atoms with van der Waals surface area (Å²) in [6, 6.07) is 0. The van der Waals surface area contributed by atoms with Gasteiger partial charge in [-0.05, 0) is 117 Å². The van der Waals surface area contributed by atoms with Crippen molar-refractivity contribution in [1.82, 2.24) is 0 Å². The van der Waals surface area contributed by atoms with Gasteiger partial charge in [0.2, 0.25) is 0 Å². The normalized spacial score (nSPS) is 52.7. The van der Waals surface area contributed by atoms with Crippen molar-refractivity contribution in [2.24, 2.45) is 45.3 Å². The van der Waals surface area contributed by atoms with E-state index in [0.29, 0.717) is 38.5 Å². The van der Waals surface area contributed by atoms with Gasteiger partial charge in [-0.15, -0.1) is 0 Å². The molecule has 428 valence electrons. The number of fused-ring (bicyclic) bond motifs is 5. The van der Waals surface area contributed by atoms with E-state index in [1.54, 1.807) is 0 Å². The SMILES string of the molecule is CC(C)=CCC[C@H](O[C@@H]1O[C@H](CO[C@H]2O[C@@H](CO)[C@H](O)[C@H]2O)[C@@H](O)[C@H](O)[C@H]1O)[C@H]1CC[C@]2(C)[C@@H]1[C@H](O)C[C@@H]1[C@@]3(C)CC[C@H](O[C@@H]4O[C@H](CO)[C@@H](O)[C@H](O)[C@H]4O[C@@H]4O[C@H](CO)[C@@H](O)[C@H](O)[C@H]4O)C(C)(C)[C@@H]3CC[C@]12C. The molecule has 0 aromatic heterocycles. The van der Waals surface area contributed by atoms with Crippen molar-refractivity contribution in [2.45, 2.75) is 241 Å². The first kappa shape index (κ1) is 59.0. The number of rotatable bonds is 16. The molecule has 4 heterocycles. The Labute approximate surface area is 433 Å². The van der Waals surface area contributed by atoms with Crippen LogP contribution in [-0.2, 0) is 37.9 Å². The second-order valence-electron chi connectivity index (χ2n) is 24.6. The highest BCUT2D eigenvalue weighted by Gasteiger charge is 2.71. The Morgan fingerprint density at radius 1 is 0.554 bits per heavy atom. The van der Waals surface area contributed by atoms with Gasteiger partial charge in [0.1, 0.15) is 91.6 Å². The van der Waals surface area contributed by atoms with Crippen LogP contribution >= 0.6 is 0 Å². The third kappa shape index (κ3) is 10.3. The smallest absolute Gasteiger partial charge is 0.187 e. The first-order valence-electron chi connectivity index (χ1n) is 26.9. The number of hydrogen-bond acceptors (Lipinski definition) is 22. The Balaban J connectivity index is 0.995. The Morgan fingerprint density at radius 2 is 1.08 bits per heavy atom.